The number of amides is 4. The van der Waals surface area contributed by atoms with Gasteiger partial charge in [-0.25, -0.2) is 5.43 Å². The number of allylic oxidation sites excluding steroid dienone is 1. The van der Waals surface area contributed by atoms with Crippen molar-refractivity contribution in [1.29, 1.82) is 0 Å². The van der Waals surface area contributed by atoms with Crippen molar-refractivity contribution in [2.24, 2.45) is 0 Å². The largest absolute Gasteiger partial charge is 0.375 e. The molecule has 0 aliphatic carbocycles. The molecule has 0 atom stereocenters. The maximum absolute atomic E-state index is 12.2. The van der Waals surface area contributed by atoms with E-state index in [1.54, 1.807) is 14.0 Å². The molecule has 0 saturated carbocycles. The Balaban J connectivity index is 0. The van der Waals surface area contributed by atoms with Crippen LogP contribution in [0.25, 0.3) is 0 Å². The fraction of sp³-hybridized carbons (Fsp3) is 0.727. The fourth-order valence-electron chi connectivity index (χ4n) is 2.45. The average Bonchev–Trinajstić information content (AvgIpc) is 2.68. The summed E-state index contributed by atoms with van der Waals surface area (Å²) < 4.78 is 5.89. The van der Waals surface area contributed by atoms with Gasteiger partial charge in [0.05, 0.1) is 5.60 Å². The molecule has 0 radical (unpaired) electrons. The lowest BCUT2D eigenvalue weighted by Gasteiger charge is -2.30. The van der Waals surface area contributed by atoms with E-state index in [9.17, 15) is 19.2 Å². The highest BCUT2D eigenvalue weighted by atomic mass is 16.5. The van der Waals surface area contributed by atoms with E-state index in [1.165, 1.54) is 12.2 Å². The summed E-state index contributed by atoms with van der Waals surface area (Å²) in [5.74, 6) is -0.805. The van der Waals surface area contributed by atoms with Gasteiger partial charge >= 0.3 is 0 Å². The van der Waals surface area contributed by atoms with E-state index in [-0.39, 0.29) is 24.8 Å². The molecule has 0 bridgehead atoms. The Labute approximate surface area is 187 Å². The number of rotatable bonds is 14. The van der Waals surface area contributed by atoms with Gasteiger partial charge in [-0.15, -0.1) is 0 Å². The number of hydrogen-bond acceptors (Lipinski definition) is 6. The van der Waals surface area contributed by atoms with E-state index in [0.717, 1.165) is 4.90 Å². The molecule has 9 heteroatoms. The number of carbonyl (C=O) groups is 4. The van der Waals surface area contributed by atoms with E-state index in [0.29, 0.717) is 32.3 Å². The molecule has 0 aromatic carbocycles. The van der Waals surface area contributed by atoms with Crippen LogP contribution in [0.1, 0.15) is 74.1 Å². The molecular weight excluding hydrogens is 400 g/mol. The van der Waals surface area contributed by atoms with E-state index in [1.807, 2.05) is 41.5 Å². The SMILES string of the molecule is C/C=C\C(=O)N(C=O)CCC(=O)NC(C)(C)CCOC(C)(C)CCC(=O)NNC.CC. The topological polar surface area (TPSA) is 117 Å². The predicted molar refractivity (Wildman–Crippen MR) is 122 cm³/mol. The Morgan fingerprint density at radius 1 is 1.00 bits per heavy atom. The lowest BCUT2D eigenvalue weighted by molar-refractivity contribution is -0.135. The first-order chi connectivity index (χ1) is 14.5. The second-order valence-electron chi connectivity index (χ2n) is 7.98. The van der Waals surface area contributed by atoms with Crippen LogP contribution in [0.4, 0.5) is 0 Å². The zero-order valence-electron chi connectivity index (χ0n) is 20.5. The van der Waals surface area contributed by atoms with Crippen molar-refractivity contribution in [3.8, 4) is 0 Å². The van der Waals surface area contributed by atoms with E-state index >= 15 is 0 Å². The third-order valence-electron chi connectivity index (χ3n) is 4.22. The molecule has 0 spiro atoms. The van der Waals surface area contributed by atoms with Crippen molar-refractivity contribution in [2.75, 3.05) is 20.2 Å². The van der Waals surface area contributed by atoms with Gasteiger partial charge in [-0.05, 0) is 53.5 Å². The van der Waals surface area contributed by atoms with Crippen LogP contribution in [0.3, 0.4) is 0 Å². The van der Waals surface area contributed by atoms with Crippen molar-refractivity contribution in [3.05, 3.63) is 12.2 Å². The maximum Gasteiger partial charge on any atom is 0.252 e. The van der Waals surface area contributed by atoms with Crippen molar-refractivity contribution in [2.45, 2.75) is 85.3 Å². The number of hydrazine groups is 1. The van der Waals surface area contributed by atoms with Crippen LogP contribution in [0.5, 0.6) is 0 Å². The van der Waals surface area contributed by atoms with Gasteiger partial charge < -0.3 is 10.1 Å². The number of hydrogen-bond donors (Lipinski definition) is 3. The first kappa shape index (κ1) is 30.9. The molecule has 0 aliphatic heterocycles. The standard InChI is InChI=1S/C20H36N4O5.C2H6/c1-7-8-18(28)24(15-25)13-10-16(26)22-19(2,3)12-14-29-20(4,5)11-9-17(27)23-21-6;1-2/h7-8,15,21H,9-14H2,1-6H3,(H,22,26)(H,23,27);1-2H3/b8-7-;. The molecular formula is C22H42N4O5. The monoisotopic (exact) mass is 442 g/mol. The van der Waals surface area contributed by atoms with Crippen LogP contribution in [-0.2, 0) is 23.9 Å². The van der Waals surface area contributed by atoms with Crippen LogP contribution in [0.15, 0.2) is 12.2 Å². The maximum atomic E-state index is 12.2. The lowest BCUT2D eigenvalue weighted by atomic mass is 9.99. The molecule has 0 aliphatic rings. The van der Waals surface area contributed by atoms with Gasteiger partial charge in [-0.1, -0.05) is 19.9 Å². The highest BCUT2D eigenvalue weighted by Gasteiger charge is 2.24. The molecule has 3 N–H and O–H groups in total. The minimum Gasteiger partial charge on any atom is -0.375 e. The van der Waals surface area contributed by atoms with Crippen LogP contribution in [0.2, 0.25) is 0 Å². The van der Waals surface area contributed by atoms with Crippen molar-refractivity contribution in [3.63, 3.8) is 0 Å². The summed E-state index contributed by atoms with van der Waals surface area (Å²) in [5, 5.41) is 2.90. The summed E-state index contributed by atoms with van der Waals surface area (Å²) >= 11 is 0. The zero-order valence-corrected chi connectivity index (χ0v) is 20.5. The Bertz CT molecular complexity index is 588. The zero-order chi connectivity index (χ0) is 24.5. The summed E-state index contributed by atoms with van der Waals surface area (Å²) in [5.41, 5.74) is 4.12. The molecule has 9 nitrogen and oxygen atoms in total. The second kappa shape index (κ2) is 16.4. The number of nitrogens with one attached hydrogen (secondary N) is 3. The smallest absolute Gasteiger partial charge is 0.252 e. The van der Waals surface area contributed by atoms with Crippen molar-refractivity contribution < 1.29 is 23.9 Å². The van der Waals surface area contributed by atoms with E-state index < -0.39 is 17.0 Å². The van der Waals surface area contributed by atoms with Crippen LogP contribution in [-0.4, -0.2) is 60.4 Å². The van der Waals surface area contributed by atoms with E-state index in [4.69, 9.17) is 4.74 Å². The van der Waals surface area contributed by atoms with Gasteiger partial charge in [0, 0.05) is 38.6 Å². The Morgan fingerprint density at radius 2 is 1.61 bits per heavy atom. The minimum atomic E-state index is -0.518. The van der Waals surface area contributed by atoms with Gasteiger partial charge in [0.15, 0.2) is 0 Å². The lowest BCUT2D eigenvalue weighted by Crippen LogP contribution is -2.46. The van der Waals surface area contributed by atoms with Crippen LogP contribution < -0.4 is 16.2 Å². The van der Waals surface area contributed by atoms with Gasteiger partial charge in [-0.2, -0.15) is 0 Å². The average molecular weight is 443 g/mol. The highest BCUT2D eigenvalue weighted by molar-refractivity contribution is 5.94. The molecule has 0 heterocycles. The Morgan fingerprint density at radius 3 is 2.13 bits per heavy atom. The molecule has 0 fully saturated rings. The number of imide groups is 1. The molecule has 0 rings (SSSR count). The van der Waals surface area contributed by atoms with Gasteiger partial charge in [0.25, 0.3) is 5.91 Å². The summed E-state index contributed by atoms with van der Waals surface area (Å²) in [4.78, 5) is 47.3. The molecule has 0 aromatic rings. The third-order valence-corrected chi connectivity index (χ3v) is 4.22. The Kier molecular flexibility index (Phi) is 16.4. The molecule has 0 aromatic heterocycles. The molecule has 31 heavy (non-hydrogen) atoms. The summed E-state index contributed by atoms with van der Waals surface area (Å²) in [6, 6.07) is 0. The first-order valence-electron chi connectivity index (χ1n) is 10.8. The number of ether oxygens (including phenoxy) is 1. The van der Waals surface area contributed by atoms with Gasteiger partial charge in [0.1, 0.15) is 0 Å². The summed E-state index contributed by atoms with van der Waals surface area (Å²) in [6.07, 6.45) is 4.74. The predicted octanol–water partition coefficient (Wildman–Crippen LogP) is 2.07. The van der Waals surface area contributed by atoms with Crippen LogP contribution in [0, 0.1) is 0 Å². The number of carbonyl (C=O) groups excluding carboxylic acids is 4. The Hall–Kier alpha value is -2.26. The third kappa shape index (κ3) is 16.1. The summed E-state index contributed by atoms with van der Waals surface area (Å²) in [6.45, 7) is 13.7. The van der Waals surface area contributed by atoms with Crippen molar-refractivity contribution in [1.82, 2.24) is 21.1 Å². The highest BCUT2D eigenvalue weighted by Crippen LogP contribution is 2.19. The molecule has 180 valence electrons. The second-order valence-corrected chi connectivity index (χ2v) is 7.98. The molecule has 0 saturated heterocycles. The van der Waals surface area contributed by atoms with Crippen LogP contribution >= 0.6 is 0 Å². The minimum absolute atomic E-state index is 0.0206. The quantitative estimate of drug-likeness (QED) is 0.215. The van der Waals surface area contributed by atoms with Gasteiger partial charge in [-0.3, -0.25) is 29.5 Å². The van der Waals surface area contributed by atoms with Crippen molar-refractivity contribution >= 4 is 24.1 Å². The fourth-order valence-corrected chi connectivity index (χ4v) is 2.45. The van der Waals surface area contributed by atoms with E-state index in [2.05, 4.69) is 16.2 Å². The molecule has 4 amide bonds. The number of nitrogens with zero attached hydrogens (tertiary/aromatic N) is 1. The first-order valence-corrected chi connectivity index (χ1v) is 10.8. The normalized spacial score (nSPS) is 11.4. The summed E-state index contributed by atoms with van der Waals surface area (Å²) in [7, 11) is 1.63. The van der Waals surface area contributed by atoms with Gasteiger partial charge in [0.2, 0.25) is 18.2 Å². The molecule has 0 unspecified atom stereocenters.